The Morgan fingerprint density at radius 3 is 2.59 bits per heavy atom. The van der Waals surface area contributed by atoms with Crippen LogP contribution in [0.1, 0.15) is 56.6 Å². The van der Waals surface area contributed by atoms with Crippen LogP contribution in [0.2, 0.25) is 10.0 Å². The summed E-state index contributed by atoms with van der Waals surface area (Å²) in [6.45, 7) is 0. The zero-order valence-electron chi connectivity index (χ0n) is 17.2. The lowest BCUT2D eigenvalue weighted by molar-refractivity contribution is 0.100. The van der Waals surface area contributed by atoms with Crippen molar-refractivity contribution in [3.05, 3.63) is 62.2 Å². The molecule has 12 heteroatoms. The van der Waals surface area contributed by atoms with Gasteiger partial charge in [-0.25, -0.2) is 13.8 Å². The lowest BCUT2D eigenvalue weighted by Gasteiger charge is -2.09. The van der Waals surface area contributed by atoms with Crippen LogP contribution in [0.4, 0.5) is 14.5 Å². The van der Waals surface area contributed by atoms with Gasteiger partial charge in [0, 0.05) is 10.9 Å². The smallest absolute Gasteiger partial charge is 0.280 e. The number of rotatable bonds is 6. The summed E-state index contributed by atoms with van der Waals surface area (Å²) >= 11 is 12.9. The standard InChI is InChI=1S/C22H15Cl2F2N5O2S/c23-11-4-3-9(5-12(11)24)13-7-15(31-30-13)21(33)29-17-16-10(8-1-2-8)6-14(19(25)26)28-22(16)34-18(17)20(27)32/h3-8,19H,1-2H2,(H2,27,32)(H,29,33)(H,30,31). The molecule has 0 atom stereocenters. The SMILES string of the molecule is NC(=O)c1sc2nc(C(F)F)cc(C3CC3)c2c1NC(=O)c1cc(-c2ccc(Cl)c(Cl)c2)n[nH]1. The number of alkyl halides is 2. The highest BCUT2D eigenvalue weighted by Gasteiger charge is 2.32. The molecule has 1 fully saturated rings. The van der Waals surface area contributed by atoms with E-state index >= 15 is 0 Å². The minimum atomic E-state index is -2.76. The van der Waals surface area contributed by atoms with Gasteiger partial charge in [0.05, 0.1) is 21.4 Å². The number of anilines is 1. The van der Waals surface area contributed by atoms with Gasteiger partial charge in [0.2, 0.25) is 0 Å². The number of hydrogen-bond acceptors (Lipinski definition) is 5. The maximum atomic E-state index is 13.4. The van der Waals surface area contributed by atoms with E-state index in [4.69, 9.17) is 28.9 Å². The van der Waals surface area contributed by atoms with Crippen molar-refractivity contribution in [1.82, 2.24) is 15.2 Å². The van der Waals surface area contributed by atoms with Crippen LogP contribution in [0.15, 0.2) is 30.3 Å². The maximum Gasteiger partial charge on any atom is 0.280 e. The Kier molecular flexibility index (Phi) is 5.75. The van der Waals surface area contributed by atoms with Gasteiger partial charge in [0.1, 0.15) is 21.1 Å². The van der Waals surface area contributed by atoms with E-state index in [2.05, 4.69) is 20.5 Å². The van der Waals surface area contributed by atoms with Crippen LogP contribution in [0.3, 0.4) is 0 Å². The van der Waals surface area contributed by atoms with Crippen molar-refractivity contribution < 1.29 is 18.4 Å². The van der Waals surface area contributed by atoms with Crippen molar-refractivity contribution in [2.24, 2.45) is 5.73 Å². The molecule has 0 radical (unpaired) electrons. The average molecular weight is 522 g/mol. The number of aromatic nitrogens is 3. The molecule has 2 amide bonds. The van der Waals surface area contributed by atoms with E-state index in [9.17, 15) is 18.4 Å². The van der Waals surface area contributed by atoms with Gasteiger partial charge in [0.15, 0.2) is 0 Å². The summed E-state index contributed by atoms with van der Waals surface area (Å²) in [5.41, 5.74) is 7.17. The Labute approximate surface area is 205 Å². The second-order valence-electron chi connectivity index (χ2n) is 7.81. The molecule has 3 heterocycles. The maximum absolute atomic E-state index is 13.4. The minimum Gasteiger partial charge on any atom is -0.365 e. The molecule has 0 bridgehead atoms. The van der Waals surface area contributed by atoms with Crippen molar-refractivity contribution in [2.45, 2.75) is 25.2 Å². The zero-order valence-corrected chi connectivity index (χ0v) is 19.5. The molecular formula is C22H15Cl2F2N5O2S. The van der Waals surface area contributed by atoms with Crippen LogP contribution in [0.25, 0.3) is 21.5 Å². The van der Waals surface area contributed by atoms with Gasteiger partial charge in [-0.2, -0.15) is 5.10 Å². The lowest BCUT2D eigenvalue weighted by atomic mass is 10.0. The van der Waals surface area contributed by atoms with Crippen LogP contribution in [-0.2, 0) is 0 Å². The average Bonchev–Trinajstić information content (AvgIpc) is 3.40. The highest BCUT2D eigenvalue weighted by Crippen LogP contribution is 2.48. The van der Waals surface area contributed by atoms with E-state index < -0.39 is 18.2 Å². The molecule has 1 aliphatic carbocycles. The lowest BCUT2D eigenvalue weighted by Crippen LogP contribution is -2.17. The van der Waals surface area contributed by atoms with Gasteiger partial charge in [0.25, 0.3) is 18.2 Å². The first-order chi connectivity index (χ1) is 16.2. The Morgan fingerprint density at radius 1 is 1.18 bits per heavy atom. The zero-order chi connectivity index (χ0) is 24.1. The Hall–Kier alpha value is -3.08. The number of pyridine rings is 1. The van der Waals surface area contributed by atoms with E-state index in [1.807, 2.05) is 0 Å². The summed E-state index contributed by atoms with van der Waals surface area (Å²) in [7, 11) is 0. The van der Waals surface area contributed by atoms with Gasteiger partial charge in [-0.05, 0) is 48.6 Å². The van der Waals surface area contributed by atoms with E-state index in [0.29, 0.717) is 32.3 Å². The first-order valence-corrected chi connectivity index (χ1v) is 11.7. The monoisotopic (exact) mass is 521 g/mol. The Morgan fingerprint density at radius 2 is 1.94 bits per heavy atom. The number of nitrogens with zero attached hydrogens (tertiary/aromatic N) is 2. The molecule has 0 aliphatic heterocycles. The summed E-state index contributed by atoms with van der Waals surface area (Å²) in [4.78, 5) is 29.5. The number of fused-ring (bicyclic) bond motifs is 1. The predicted octanol–water partition coefficient (Wildman–Crippen LogP) is 6.16. The van der Waals surface area contributed by atoms with Gasteiger partial charge in [-0.15, -0.1) is 11.3 Å². The number of aromatic amines is 1. The van der Waals surface area contributed by atoms with E-state index in [0.717, 1.165) is 24.2 Å². The van der Waals surface area contributed by atoms with Gasteiger partial charge < -0.3 is 11.1 Å². The molecule has 0 unspecified atom stereocenters. The molecule has 0 spiro atoms. The fourth-order valence-electron chi connectivity index (χ4n) is 3.69. The molecule has 4 N–H and O–H groups in total. The number of carbonyl (C=O) groups is 2. The van der Waals surface area contributed by atoms with Crippen molar-refractivity contribution >= 4 is 62.3 Å². The third-order valence-corrected chi connectivity index (χ3v) is 7.29. The fraction of sp³-hybridized carbons (Fsp3) is 0.182. The summed E-state index contributed by atoms with van der Waals surface area (Å²) in [6, 6.07) is 7.80. The Balaban J connectivity index is 1.54. The number of nitrogens with one attached hydrogen (secondary N) is 2. The van der Waals surface area contributed by atoms with Gasteiger partial charge >= 0.3 is 0 Å². The molecule has 1 saturated carbocycles. The minimum absolute atomic E-state index is 0.0355. The van der Waals surface area contributed by atoms with Crippen LogP contribution in [0, 0.1) is 0 Å². The van der Waals surface area contributed by atoms with Gasteiger partial charge in [-0.1, -0.05) is 29.3 Å². The molecule has 1 aromatic carbocycles. The van der Waals surface area contributed by atoms with Crippen molar-refractivity contribution in [2.75, 3.05) is 5.32 Å². The van der Waals surface area contributed by atoms with E-state index in [1.165, 1.54) is 12.1 Å². The number of benzene rings is 1. The summed E-state index contributed by atoms with van der Waals surface area (Å²) in [5, 5.41) is 10.7. The van der Waals surface area contributed by atoms with Crippen molar-refractivity contribution in [1.29, 1.82) is 0 Å². The normalized spacial score (nSPS) is 13.6. The second-order valence-corrected chi connectivity index (χ2v) is 9.63. The second kappa shape index (κ2) is 8.61. The quantitative estimate of drug-likeness (QED) is 0.282. The van der Waals surface area contributed by atoms with Crippen LogP contribution < -0.4 is 11.1 Å². The number of carbonyl (C=O) groups excluding carboxylic acids is 2. The molecule has 0 saturated heterocycles. The largest absolute Gasteiger partial charge is 0.365 e. The number of primary amides is 1. The van der Waals surface area contributed by atoms with E-state index in [1.54, 1.807) is 18.2 Å². The first-order valence-electron chi connectivity index (χ1n) is 10.1. The molecular weight excluding hydrogens is 507 g/mol. The van der Waals surface area contributed by atoms with Crippen molar-refractivity contribution in [3.63, 3.8) is 0 Å². The summed E-state index contributed by atoms with van der Waals surface area (Å²) < 4.78 is 26.8. The predicted molar refractivity (Wildman–Crippen MR) is 127 cm³/mol. The van der Waals surface area contributed by atoms with Crippen molar-refractivity contribution in [3.8, 4) is 11.3 Å². The first kappa shape index (κ1) is 22.7. The van der Waals surface area contributed by atoms with Gasteiger partial charge in [-0.3, -0.25) is 14.7 Å². The number of nitrogens with two attached hydrogens (primary N) is 1. The molecule has 34 heavy (non-hydrogen) atoms. The summed E-state index contributed by atoms with van der Waals surface area (Å²) in [6.07, 6.45) is -1.11. The number of H-pyrrole nitrogens is 1. The Bertz CT molecular complexity index is 1470. The molecule has 1 aliphatic rings. The van der Waals surface area contributed by atoms with Crippen LogP contribution in [-0.4, -0.2) is 27.0 Å². The highest BCUT2D eigenvalue weighted by atomic mass is 35.5. The molecule has 4 aromatic rings. The number of amides is 2. The third kappa shape index (κ3) is 4.13. The molecule has 174 valence electrons. The third-order valence-electron chi connectivity index (χ3n) is 5.45. The fourth-order valence-corrected chi connectivity index (χ4v) is 5.01. The molecule has 5 rings (SSSR count). The number of hydrogen-bond donors (Lipinski definition) is 3. The molecule has 3 aromatic heterocycles. The number of halogens is 4. The van der Waals surface area contributed by atoms with Crippen LogP contribution >= 0.6 is 34.5 Å². The molecule has 7 nitrogen and oxygen atoms in total. The van der Waals surface area contributed by atoms with Crippen LogP contribution in [0.5, 0.6) is 0 Å². The van der Waals surface area contributed by atoms with E-state index in [-0.39, 0.29) is 32.7 Å². The topological polar surface area (TPSA) is 114 Å². The summed E-state index contributed by atoms with van der Waals surface area (Å²) in [5.74, 6) is -1.32. The highest BCUT2D eigenvalue weighted by molar-refractivity contribution is 7.21. The number of thiophene rings is 1.